The summed E-state index contributed by atoms with van der Waals surface area (Å²) in [6.07, 6.45) is 0. The Kier molecular flexibility index (Phi) is 7.17. The lowest BCUT2D eigenvalue weighted by molar-refractivity contribution is 0.0746. The maximum absolute atomic E-state index is 14.0. The van der Waals surface area contributed by atoms with Crippen LogP contribution in [0.25, 0.3) is 0 Å². The summed E-state index contributed by atoms with van der Waals surface area (Å²) < 4.78 is 47.6. The van der Waals surface area contributed by atoms with Crippen LogP contribution in [0, 0.1) is 5.82 Å². The van der Waals surface area contributed by atoms with E-state index in [1.165, 1.54) is 18.2 Å². The van der Waals surface area contributed by atoms with Gasteiger partial charge in [0.05, 0.1) is 12.3 Å². The topological polar surface area (TPSA) is 79.0 Å². The Bertz CT molecular complexity index is 1030. The lowest BCUT2D eigenvalue weighted by Gasteiger charge is -2.36. The molecule has 1 amide bonds. The van der Waals surface area contributed by atoms with Crippen molar-refractivity contribution in [3.63, 3.8) is 0 Å². The van der Waals surface area contributed by atoms with E-state index in [9.17, 15) is 17.6 Å². The van der Waals surface area contributed by atoms with Crippen molar-refractivity contribution < 1.29 is 22.3 Å². The molecule has 0 atom stereocenters. The second-order valence-corrected chi connectivity index (χ2v) is 9.28. The molecule has 9 heteroatoms. The van der Waals surface area contributed by atoms with Crippen LogP contribution in [0.1, 0.15) is 31.1 Å². The van der Waals surface area contributed by atoms with Gasteiger partial charge in [-0.15, -0.1) is 0 Å². The molecule has 1 heterocycles. The minimum atomic E-state index is -3.84. The van der Waals surface area contributed by atoms with Gasteiger partial charge in [-0.1, -0.05) is 12.1 Å². The van der Waals surface area contributed by atoms with Crippen LogP contribution in [-0.2, 0) is 10.0 Å². The highest BCUT2D eigenvalue weighted by atomic mass is 32.2. The number of piperazine rings is 1. The number of benzene rings is 2. The number of anilines is 1. The molecule has 1 aliphatic rings. The van der Waals surface area contributed by atoms with Gasteiger partial charge in [0.15, 0.2) is 0 Å². The number of para-hydroxylation sites is 1. The zero-order valence-electron chi connectivity index (χ0n) is 18.0. The van der Waals surface area contributed by atoms with Crippen LogP contribution in [0.15, 0.2) is 47.4 Å². The van der Waals surface area contributed by atoms with Gasteiger partial charge in [0.1, 0.15) is 16.5 Å². The zero-order chi connectivity index (χ0) is 22.6. The predicted molar refractivity (Wildman–Crippen MR) is 118 cm³/mol. The highest BCUT2D eigenvalue weighted by Gasteiger charge is 2.27. The van der Waals surface area contributed by atoms with E-state index in [0.717, 1.165) is 0 Å². The van der Waals surface area contributed by atoms with Crippen molar-refractivity contribution >= 4 is 21.6 Å². The number of sulfonamides is 1. The number of amides is 1. The minimum absolute atomic E-state index is 0.0566. The lowest BCUT2D eigenvalue weighted by atomic mass is 10.1. The van der Waals surface area contributed by atoms with Gasteiger partial charge in [-0.2, -0.15) is 0 Å². The Hall–Kier alpha value is -2.65. The molecule has 3 rings (SSSR count). The van der Waals surface area contributed by atoms with Gasteiger partial charge in [-0.3, -0.25) is 4.79 Å². The van der Waals surface area contributed by atoms with Crippen LogP contribution in [0.5, 0.6) is 5.75 Å². The van der Waals surface area contributed by atoms with Crippen LogP contribution in [0.2, 0.25) is 0 Å². The average molecular weight is 450 g/mol. The fourth-order valence-corrected chi connectivity index (χ4v) is 4.96. The Morgan fingerprint density at radius 1 is 1.13 bits per heavy atom. The summed E-state index contributed by atoms with van der Waals surface area (Å²) >= 11 is 0. The minimum Gasteiger partial charge on any atom is -0.492 e. The molecular formula is C22H28FN3O4S. The Labute approximate surface area is 182 Å². The maximum Gasteiger partial charge on any atom is 0.254 e. The molecule has 1 N–H and O–H groups in total. The molecule has 0 bridgehead atoms. The number of hydrogen-bond acceptors (Lipinski definition) is 5. The fraction of sp³-hybridized carbons (Fsp3) is 0.409. The molecule has 1 aliphatic heterocycles. The average Bonchev–Trinajstić information content (AvgIpc) is 2.73. The molecule has 168 valence electrons. The summed E-state index contributed by atoms with van der Waals surface area (Å²) in [5, 5.41) is 0. The summed E-state index contributed by atoms with van der Waals surface area (Å²) in [6.45, 7) is 7.31. The van der Waals surface area contributed by atoms with Gasteiger partial charge in [-0.05, 0) is 51.1 Å². The number of nitrogens with one attached hydrogen (secondary N) is 1. The van der Waals surface area contributed by atoms with Gasteiger partial charge in [0.25, 0.3) is 5.91 Å². The third kappa shape index (κ3) is 5.34. The zero-order valence-corrected chi connectivity index (χ0v) is 18.8. The number of nitrogens with zero attached hydrogens (tertiary/aromatic N) is 2. The first-order valence-electron chi connectivity index (χ1n) is 10.3. The van der Waals surface area contributed by atoms with Crippen LogP contribution in [0.3, 0.4) is 0 Å². The summed E-state index contributed by atoms with van der Waals surface area (Å²) in [5.41, 5.74) is 0.788. The number of hydrogen-bond donors (Lipinski definition) is 1. The molecule has 7 nitrogen and oxygen atoms in total. The molecule has 1 fully saturated rings. The van der Waals surface area contributed by atoms with E-state index in [2.05, 4.69) is 4.72 Å². The van der Waals surface area contributed by atoms with Crippen molar-refractivity contribution in [2.45, 2.75) is 31.7 Å². The summed E-state index contributed by atoms with van der Waals surface area (Å²) in [7, 11) is -3.84. The molecule has 0 radical (unpaired) electrons. The van der Waals surface area contributed by atoms with Crippen LogP contribution in [0.4, 0.5) is 10.1 Å². The third-order valence-corrected chi connectivity index (χ3v) is 6.61. The summed E-state index contributed by atoms with van der Waals surface area (Å²) in [4.78, 5) is 16.6. The highest BCUT2D eigenvalue weighted by Crippen LogP contribution is 2.27. The summed E-state index contributed by atoms with van der Waals surface area (Å²) in [6, 6.07) is 10.7. The van der Waals surface area contributed by atoms with Gasteiger partial charge in [-0.25, -0.2) is 17.5 Å². The van der Waals surface area contributed by atoms with E-state index in [-0.39, 0.29) is 34.0 Å². The third-order valence-electron chi connectivity index (χ3n) is 4.93. The Balaban J connectivity index is 1.79. The number of rotatable bonds is 7. The molecule has 0 unspecified atom stereocenters. The maximum atomic E-state index is 14.0. The van der Waals surface area contributed by atoms with E-state index in [0.29, 0.717) is 38.5 Å². The number of carbonyl (C=O) groups excluding carboxylic acids is 1. The van der Waals surface area contributed by atoms with Crippen molar-refractivity contribution in [2.24, 2.45) is 0 Å². The normalized spacial score (nSPS) is 14.7. The van der Waals surface area contributed by atoms with E-state index in [1.807, 2.05) is 4.90 Å². The van der Waals surface area contributed by atoms with E-state index in [4.69, 9.17) is 4.74 Å². The van der Waals surface area contributed by atoms with E-state index < -0.39 is 10.0 Å². The Morgan fingerprint density at radius 3 is 2.42 bits per heavy atom. The van der Waals surface area contributed by atoms with Crippen LogP contribution in [-0.4, -0.2) is 58.1 Å². The fourth-order valence-electron chi connectivity index (χ4n) is 3.54. The summed E-state index contributed by atoms with van der Waals surface area (Å²) in [5.74, 6) is -0.352. The van der Waals surface area contributed by atoms with Crippen molar-refractivity contribution in [1.82, 2.24) is 9.62 Å². The molecule has 0 spiro atoms. The number of halogens is 1. The smallest absolute Gasteiger partial charge is 0.254 e. The molecule has 31 heavy (non-hydrogen) atoms. The first kappa shape index (κ1) is 23.0. The van der Waals surface area contributed by atoms with Crippen molar-refractivity contribution in [2.75, 3.05) is 37.7 Å². The molecule has 2 aromatic carbocycles. The van der Waals surface area contributed by atoms with Crippen molar-refractivity contribution in [3.05, 3.63) is 53.8 Å². The first-order valence-corrected chi connectivity index (χ1v) is 11.8. The van der Waals surface area contributed by atoms with Gasteiger partial charge in [0, 0.05) is 37.8 Å². The number of ether oxygens (including phenoxy) is 1. The highest BCUT2D eigenvalue weighted by molar-refractivity contribution is 7.89. The quantitative estimate of drug-likeness (QED) is 0.703. The molecule has 2 aromatic rings. The second kappa shape index (κ2) is 9.65. The second-order valence-electron chi connectivity index (χ2n) is 7.60. The molecule has 0 saturated carbocycles. The molecule has 0 aromatic heterocycles. The van der Waals surface area contributed by atoms with Crippen molar-refractivity contribution in [1.29, 1.82) is 0 Å². The monoisotopic (exact) mass is 449 g/mol. The molecule has 0 aliphatic carbocycles. The van der Waals surface area contributed by atoms with Crippen LogP contribution >= 0.6 is 0 Å². The first-order chi connectivity index (χ1) is 14.7. The van der Waals surface area contributed by atoms with Crippen molar-refractivity contribution in [3.8, 4) is 5.75 Å². The van der Waals surface area contributed by atoms with Gasteiger partial charge >= 0.3 is 0 Å². The Morgan fingerprint density at radius 2 is 1.81 bits per heavy atom. The largest absolute Gasteiger partial charge is 0.492 e. The van der Waals surface area contributed by atoms with Gasteiger partial charge < -0.3 is 14.5 Å². The SMILES string of the molecule is CCOc1ccc(C(=O)N2CCN(c3ccccc3F)CC2)cc1S(=O)(=O)NC(C)C. The van der Waals surface area contributed by atoms with Gasteiger partial charge in [0.2, 0.25) is 10.0 Å². The van der Waals surface area contributed by atoms with Crippen LogP contribution < -0.4 is 14.4 Å². The van der Waals surface area contributed by atoms with E-state index in [1.54, 1.807) is 49.9 Å². The lowest BCUT2D eigenvalue weighted by Crippen LogP contribution is -2.49. The predicted octanol–water partition coefficient (Wildman–Crippen LogP) is 2.87. The molecule has 1 saturated heterocycles. The number of carbonyl (C=O) groups is 1. The molecular weight excluding hydrogens is 421 g/mol. The van der Waals surface area contributed by atoms with E-state index >= 15 is 0 Å². The standard InChI is InChI=1S/C22H28FN3O4S/c1-4-30-20-10-9-17(15-21(20)31(28,29)24-16(2)3)22(27)26-13-11-25(12-14-26)19-8-6-5-7-18(19)23/h5-10,15-16,24H,4,11-14H2,1-3H3.